The fourth-order valence-corrected chi connectivity index (χ4v) is 2.00. The Kier molecular flexibility index (Phi) is 3.31. The van der Waals surface area contributed by atoms with Gasteiger partial charge in [-0.1, -0.05) is 11.6 Å². The number of carbonyl (C=O) groups excluding carboxylic acids is 1. The zero-order valence-corrected chi connectivity index (χ0v) is 11.6. The molecule has 1 N–H and O–H groups in total. The van der Waals surface area contributed by atoms with Crippen LogP contribution in [0.4, 0.5) is 10.1 Å². The third kappa shape index (κ3) is 2.71. The molecule has 5 nitrogen and oxygen atoms in total. The molecule has 3 rings (SSSR count). The van der Waals surface area contributed by atoms with Crippen molar-refractivity contribution in [1.29, 1.82) is 0 Å². The molecule has 1 amide bonds. The molecule has 0 fully saturated rings. The first-order valence-corrected chi connectivity index (χ1v) is 6.40. The number of pyridine rings is 1. The van der Waals surface area contributed by atoms with Crippen molar-refractivity contribution in [2.75, 3.05) is 5.32 Å². The number of hydrogen-bond acceptors (Lipinski definition) is 4. The van der Waals surface area contributed by atoms with Crippen molar-refractivity contribution >= 4 is 34.3 Å². The molecule has 0 aliphatic rings. The molecule has 0 aliphatic carbocycles. The van der Waals surface area contributed by atoms with Gasteiger partial charge in [-0.15, -0.1) is 0 Å². The lowest BCUT2D eigenvalue weighted by atomic mass is 10.2. The van der Waals surface area contributed by atoms with E-state index in [2.05, 4.69) is 15.3 Å². The van der Waals surface area contributed by atoms with Crippen molar-refractivity contribution in [3.8, 4) is 0 Å². The number of halogens is 2. The largest absolute Gasteiger partial charge is 0.441 e. The van der Waals surface area contributed by atoms with Crippen molar-refractivity contribution in [1.82, 2.24) is 9.97 Å². The summed E-state index contributed by atoms with van der Waals surface area (Å²) in [6.45, 7) is 1.62. The van der Waals surface area contributed by atoms with E-state index in [1.54, 1.807) is 6.92 Å². The molecule has 0 unspecified atom stereocenters. The zero-order valence-electron chi connectivity index (χ0n) is 10.9. The van der Waals surface area contributed by atoms with Gasteiger partial charge in [0.05, 0.1) is 5.56 Å². The summed E-state index contributed by atoms with van der Waals surface area (Å²) in [6, 6.07) is 5.73. The lowest BCUT2D eigenvalue weighted by Crippen LogP contribution is -2.12. The van der Waals surface area contributed by atoms with E-state index in [9.17, 15) is 9.18 Å². The van der Waals surface area contributed by atoms with Gasteiger partial charge in [-0.05, 0) is 18.2 Å². The minimum absolute atomic E-state index is 0.138. The molecular weight excluding hydrogens is 297 g/mol. The van der Waals surface area contributed by atoms with Crippen LogP contribution in [-0.4, -0.2) is 15.9 Å². The van der Waals surface area contributed by atoms with Crippen molar-refractivity contribution < 1.29 is 13.6 Å². The lowest BCUT2D eigenvalue weighted by molar-refractivity contribution is 0.102. The van der Waals surface area contributed by atoms with E-state index in [0.717, 1.165) is 0 Å². The van der Waals surface area contributed by atoms with Gasteiger partial charge >= 0.3 is 0 Å². The highest BCUT2D eigenvalue weighted by Gasteiger charge is 2.12. The number of nitrogens with zero attached hydrogens (tertiary/aromatic N) is 2. The van der Waals surface area contributed by atoms with E-state index < -0.39 is 11.7 Å². The fraction of sp³-hybridized carbons (Fsp3) is 0.0714. The Hall–Kier alpha value is -2.47. The van der Waals surface area contributed by atoms with Crippen molar-refractivity contribution in [3.63, 3.8) is 0 Å². The van der Waals surface area contributed by atoms with Crippen LogP contribution >= 0.6 is 11.6 Å². The molecule has 0 aliphatic heterocycles. The van der Waals surface area contributed by atoms with Crippen LogP contribution in [0.3, 0.4) is 0 Å². The molecule has 1 aromatic carbocycles. The van der Waals surface area contributed by atoms with E-state index >= 15 is 0 Å². The number of nitrogens with one attached hydrogen (secondary N) is 1. The molecule has 0 atom stereocenters. The second-order valence-corrected chi connectivity index (χ2v) is 4.75. The first-order valence-electron chi connectivity index (χ1n) is 6.02. The number of anilines is 1. The number of rotatable bonds is 2. The number of oxazole rings is 1. The average Bonchev–Trinajstić information content (AvgIpc) is 2.80. The Morgan fingerprint density at radius 1 is 1.38 bits per heavy atom. The standard InChI is InChI=1S/C14H9ClFN3O2/c1-7-18-13-10(16)4-9(5-11(13)21-7)19-14(20)8-2-3-12(15)17-6-8/h2-6H,1H3,(H,19,20). The van der Waals surface area contributed by atoms with Crippen molar-refractivity contribution in [2.24, 2.45) is 0 Å². The van der Waals surface area contributed by atoms with Crippen LogP contribution in [0.25, 0.3) is 11.1 Å². The smallest absolute Gasteiger partial charge is 0.257 e. The molecule has 21 heavy (non-hydrogen) atoms. The van der Waals surface area contributed by atoms with Crippen LogP contribution in [0, 0.1) is 12.7 Å². The highest BCUT2D eigenvalue weighted by Crippen LogP contribution is 2.23. The molecule has 0 spiro atoms. The van der Waals surface area contributed by atoms with Gasteiger partial charge in [0.25, 0.3) is 5.91 Å². The average molecular weight is 306 g/mol. The molecule has 2 heterocycles. The summed E-state index contributed by atoms with van der Waals surface area (Å²) in [6.07, 6.45) is 1.34. The van der Waals surface area contributed by atoms with Gasteiger partial charge in [-0.3, -0.25) is 4.79 Å². The number of amides is 1. The van der Waals surface area contributed by atoms with Gasteiger partial charge in [0.2, 0.25) is 0 Å². The van der Waals surface area contributed by atoms with Crippen LogP contribution < -0.4 is 5.32 Å². The van der Waals surface area contributed by atoms with E-state index in [1.165, 1.54) is 30.5 Å². The molecular formula is C14H9ClFN3O2. The van der Waals surface area contributed by atoms with Crippen molar-refractivity contribution in [3.05, 3.63) is 52.9 Å². The minimum Gasteiger partial charge on any atom is -0.441 e. The molecule has 0 bridgehead atoms. The Labute approximate surface area is 123 Å². The normalized spacial score (nSPS) is 10.8. The van der Waals surface area contributed by atoms with Gasteiger partial charge in [0.15, 0.2) is 17.3 Å². The van der Waals surface area contributed by atoms with Gasteiger partial charge in [-0.2, -0.15) is 0 Å². The second-order valence-electron chi connectivity index (χ2n) is 4.36. The number of carbonyl (C=O) groups is 1. The Balaban J connectivity index is 1.90. The van der Waals surface area contributed by atoms with Gasteiger partial charge in [-0.25, -0.2) is 14.4 Å². The topological polar surface area (TPSA) is 68.0 Å². The maximum atomic E-state index is 13.9. The summed E-state index contributed by atoms with van der Waals surface area (Å²) >= 11 is 5.65. The SMILES string of the molecule is Cc1nc2c(F)cc(NC(=O)c3ccc(Cl)nc3)cc2o1. The minimum atomic E-state index is -0.561. The van der Waals surface area contributed by atoms with E-state index in [-0.39, 0.29) is 21.9 Å². The maximum absolute atomic E-state index is 13.9. The van der Waals surface area contributed by atoms with Crippen LogP contribution in [-0.2, 0) is 0 Å². The van der Waals surface area contributed by atoms with Crippen LogP contribution in [0.5, 0.6) is 0 Å². The Morgan fingerprint density at radius 2 is 2.19 bits per heavy atom. The highest BCUT2D eigenvalue weighted by molar-refractivity contribution is 6.29. The van der Waals surface area contributed by atoms with Crippen LogP contribution in [0.1, 0.15) is 16.2 Å². The number of benzene rings is 1. The fourth-order valence-electron chi connectivity index (χ4n) is 1.89. The predicted molar refractivity (Wildman–Crippen MR) is 75.9 cm³/mol. The molecule has 7 heteroatoms. The second kappa shape index (κ2) is 5.14. The molecule has 0 saturated heterocycles. The summed E-state index contributed by atoms with van der Waals surface area (Å²) in [4.78, 5) is 19.8. The third-order valence-electron chi connectivity index (χ3n) is 2.80. The summed E-state index contributed by atoms with van der Waals surface area (Å²) < 4.78 is 19.1. The van der Waals surface area contributed by atoms with Gasteiger partial charge in [0.1, 0.15) is 10.7 Å². The summed E-state index contributed by atoms with van der Waals surface area (Å²) in [7, 11) is 0. The van der Waals surface area contributed by atoms with Crippen LogP contribution in [0.2, 0.25) is 5.15 Å². The van der Waals surface area contributed by atoms with E-state index in [1.807, 2.05) is 0 Å². The molecule has 0 saturated carbocycles. The summed E-state index contributed by atoms with van der Waals surface area (Å²) in [5, 5.41) is 2.86. The first kappa shape index (κ1) is 13.5. The summed E-state index contributed by atoms with van der Waals surface area (Å²) in [5.74, 6) is -0.627. The van der Waals surface area contributed by atoms with Gasteiger partial charge < -0.3 is 9.73 Å². The molecule has 3 aromatic rings. The van der Waals surface area contributed by atoms with E-state index in [4.69, 9.17) is 16.0 Å². The number of hydrogen-bond donors (Lipinski definition) is 1. The molecule has 0 radical (unpaired) electrons. The first-order chi connectivity index (χ1) is 10.0. The Morgan fingerprint density at radius 3 is 2.90 bits per heavy atom. The van der Waals surface area contributed by atoms with Gasteiger partial charge in [0, 0.05) is 24.9 Å². The molecule has 2 aromatic heterocycles. The maximum Gasteiger partial charge on any atom is 0.257 e. The van der Waals surface area contributed by atoms with E-state index in [0.29, 0.717) is 11.5 Å². The summed E-state index contributed by atoms with van der Waals surface area (Å²) in [5.41, 5.74) is 1.00. The molecule has 106 valence electrons. The lowest BCUT2D eigenvalue weighted by Gasteiger charge is -2.05. The number of fused-ring (bicyclic) bond motifs is 1. The monoisotopic (exact) mass is 305 g/mol. The third-order valence-corrected chi connectivity index (χ3v) is 3.03. The van der Waals surface area contributed by atoms with Crippen molar-refractivity contribution in [2.45, 2.75) is 6.92 Å². The highest BCUT2D eigenvalue weighted by atomic mass is 35.5. The van der Waals surface area contributed by atoms with Crippen LogP contribution in [0.15, 0.2) is 34.9 Å². The number of aromatic nitrogens is 2. The predicted octanol–water partition coefficient (Wildman–Crippen LogP) is 3.58. The Bertz CT molecular complexity index is 830. The number of aryl methyl sites for hydroxylation is 1. The quantitative estimate of drug-likeness (QED) is 0.735. The zero-order chi connectivity index (χ0) is 15.0.